The Balaban J connectivity index is 2.99. The maximum absolute atomic E-state index is 12.4. The van der Waals surface area contributed by atoms with Crippen LogP contribution in [0.1, 0.15) is 39.5 Å². The molecule has 0 aromatic heterocycles. The molecule has 0 saturated carbocycles. The number of esters is 2. The minimum atomic E-state index is -1.29. The van der Waals surface area contributed by atoms with Crippen molar-refractivity contribution >= 4 is 11.9 Å². The Labute approximate surface area is 127 Å². The molecular formula is C16H27NO4. The summed E-state index contributed by atoms with van der Waals surface area (Å²) in [6.07, 6.45) is 5.22. The van der Waals surface area contributed by atoms with Crippen molar-refractivity contribution in [3.63, 3.8) is 0 Å². The molecular weight excluding hydrogens is 270 g/mol. The van der Waals surface area contributed by atoms with Crippen LogP contribution in [-0.4, -0.2) is 49.7 Å². The first-order chi connectivity index (χ1) is 10.1. The predicted octanol–water partition coefficient (Wildman–Crippen LogP) is 2.16. The lowest BCUT2D eigenvalue weighted by Crippen LogP contribution is -2.51. The van der Waals surface area contributed by atoms with Gasteiger partial charge in [-0.3, -0.25) is 9.59 Å². The molecule has 5 heteroatoms. The lowest BCUT2D eigenvalue weighted by Gasteiger charge is -2.35. The van der Waals surface area contributed by atoms with E-state index in [0.29, 0.717) is 6.54 Å². The quantitative estimate of drug-likeness (QED) is 0.390. The Bertz CT molecular complexity index is 343. The molecule has 0 amide bonds. The number of ether oxygens (including phenoxy) is 2. The average molecular weight is 297 g/mol. The first-order valence-electron chi connectivity index (χ1n) is 7.78. The van der Waals surface area contributed by atoms with Gasteiger partial charge in [-0.05, 0) is 46.2 Å². The van der Waals surface area contributed by atoms with Gasteiger partial charge >= 0.3 is 11.9 Å². The van der Waals surface area contributed by atoms with Crippen molar-refractivity contribution in [1.82, 2.24) is 4.90 Å². The Kier molecular flexibility index (Phi) is 7.43. The normalized spacial score (nSPS) is 16.3. The number of hydrogen-bond acceptors (Lipinski definition) is 5. The molecule has 0 aliphatic carbocycles. The highest BCUT2D eigenvalue weighted by atomic mass is 16.6. The van der Waals surface area contributed by atoms with Crippen LogP contribution in [0.3, 0.4) is 0 Å². The summed E-state index contributed by atoms with van der Waals surface area (Å²) in [6.45, 7) is 9.81. The molecule has 1 aliphatic rings. The minimum Gasteiger partial charge on any atom is -0.465 e. The smallest absolute Gasteiger partial charge is 0.325 e. The van der Waals surface area contributed by atoms with Crippen LogP contribution < -0.4 is 0 Å². The molecule has 0 aromatic rings. The highest BCUT2D eigenvalue weighted by molar-refractivity contribution is 6.00. The van der Waals surface area contributed by atoms with Crippen LogP contribution in [-0.2, 0) is 19.1 Å². The summed E-state index contributed by atoms with van der Waals surface area (Å²) >= 11 is 0. The molecule has 0 N–H and O–H groups in total. The van der Waals surface area contributed by atoms with Gasteiger partial charge in [-0.15, -0.1) is 6.58 Å². The van der Waals surface area contributed by atoms with E-state index in [1.807, 2.05) is 0 Å². The second kappa shape index (κ2) is 8.82. The fourth-order valence-corrected chi connectivity index (χ4v) is 2.73. The largest absolute Gasteiger partial charge is 0.465 e. The molecule has 21 heavy (non-hydrogen) atoms. The summed E-state index contributed by atoms with van der Waals surface area (Å²) in [5.74, 6) is -1.01. The standard InChI is InChI=1S/C16H27NO4/c1-4-10-16(14(18)20-5-2,15(19)21-6-3)13-17-11-8-7-9-12-17/h4H,1,5-13H2,2-3H3. The second-order valence-corrected chi connectivity index (χ2v) is 5.35. The summed E-state index contributed by atoms with van der Waals surface area (Å²) < 4.78 is 10.3. The predicted molar refractivity (Wildman–Crippen MR) is 80.8 cm³/mol. The van der Waals surface area contributed by atoms with E-state index in [1.165, 1.54) is 6.42 Å². The third-order valence-corrected chi connectivity index (χ3v) is 3.77. The van der Waals surface area contributed by atoms with E-state index in [9.17, 15) is 9.59 Å². The van der Waals surface area contributed by atoms with Gasteiger partial charge in [0.05, 0.1) is 13.2 Å². The average Bonchev–Trinajstić information content (AvgIpc) is 2.48. The molecule has 5 nitrogen and oxygen atoms in total. The molecule has 0 spiro atoms. The maximum Gasteiger partial charge on any atom is 0.325 e. The molecule has 1 fully saturated rings. The number of piperidine rings is 1. The molecule has 0 atom stereocenters. The van der Waals surface area contributed by atoms with Gasteiger partial charge in [0.15, 0.2) is 5.41 Å². The Morgan fingerprint density at radius 2 is 1.62 bits per heavy atom. The zero-order chi connectivity index (χ0) is 15.7. The lowest BCUT2D eigenvalue weighted by molar-refractivity contribution is -0.173. The maximum atomic E-state index is 12.4. The van der Waals surface area contributed by atoms with Crippen LogP contribution in [0.15, 0.2) is 12.7 Å². The van der Waals surface area contributed by atoms with E-state index in [0.717, 1.165) is 25.9 Å². The van der Waals surface area contributed by atoms with Crippen LogP contribution in [0.2, 0.25) is 0 Å². The van der Waals surface area contributed by atoms with E-state index in [2.05, 4.69) is 11.5 Å². The van der Waals surface area contributed by atoms with Crippen molar-refractivity contribution in [2.75, 3.05) is 32.8 Å². The Morgan fingerprint density at radius 3 is 2.05 bits per heavy atom. The summed E-state index contributed by atoms with van der Waals surface area (Å²) in [4.78, 5) is 27.0. The Morgan fingerprint density at radius 1 is 1.10 bits per heavy atom. The van der Waals surface area contributed by atoms with Gasteiger partial charge in [0, 0.05) is 6.54 Å². The summed E-state index contributed by atoms with van der Waals surface area (Å²) in [5.41, 5.74) is -1.29. The van der Waals surface area contributed by atoms with Gasteiger partial charge in [-0.1, -0.05) is 12.5 Å². The van der Waals surface area contributed by atoms with Crippen molar-refractivity contribution in [1.29, 1.82) is 0 Å². The molecule has 0 bridgehead atoms. The van der Waals surface area contributed by atoms with Gasteiger partial charge in [0.1, 0.15) is 0 Å². The molecule has 0 unspecified atom stereocenters. The number of rotatable bonds is 8. The fourth-order valence-electron chi connectivity index (χ4n) is 2.73. The summed E-state index contributed by atoms with van der Waals surface area (Å²) in [7, 11) is 0. The van der Waals surface area contributed by atoms with Crippen LogP contribution in [0.4, 0.5) is 0 Å². The van der Waals surface area contributed by atoms with Crippen molar-refractivity contribution in [3.8, 4) is 0 Å². The SMILES string of the molecule is C=CCC(CN1CCCCC1)(C(=O)OCC)C(=O)OCC. The number of carbonyl (C=O) groups excluding carboxylic acids is 2. The number of hydrogen-bond donors (Lipinski definition) is 0. The van der Waals surface area contributed by atoms with Gasteiger partial charge in [-0.2, -0.15) is 0 Å². The highest BCUT2D eigenvalue weighted by Gasteiger charge is 2.49. The molecule has 1 aliphatic heterocycles. The number of carbonyl (C=O) groups is 2. The minimum absolute atomic E-state index is 0.237. The summed E-state index contributed by atoms with van der Waals surface area (Å²) in [5, 5.41) is 0. The van der Waals surface area contributed by atoms with Gasteiger partial charge in [0.25, 0.3) is 0 Å². The van der Waals surface area contributed by atoms with Crippen molar-refractivity contribution < 1.29 is 19.1 Å². The van der Waals surface area contributed by atoms with Gasteiger partial charge in [-0.25, -0.2) is 0 Å². The third kappa shape index (κ3) is 4.56. The second-order valence-electron chi connectivity index (χ2n) is 5.35. The monoisotopic (exact) mass is 297 g/mol. The van der Waals surface area contributed by atoms with Crippen LogP contribution >= 0.6 is 0 Å². The fraction of sp³-hybridized carbons (Fsp3) is 0.750. The molecule has 0 radical (unpaired) electrons. The number of allylic oxidation sites excluding steroid dienone is 1. The molecule has 1 rings (SSSR count). The highest BCUT2D eigenvalue weighted by Crippen LogP contribution is 2.29. The molecule has 120 valence electrons. The first-order valence-corrected chi connectivity index (χ1v) is 7.78. The van der Waals surface area contributed by atoms with E-state index in [4.69, 9.17) is 9.47 Å². The number of nitrogens with zero attached hydrogens (tertiary/aromatic N) is 1. The third-order valence-electron chi connectivity index (χ3n) is 3.77. The summed E-state index contributed by atoms with van der Waals surface area (Å²) in [6, 6.07) is 0. The van der Waals surface area contributed by atoms with Crippen molar-refractivity contribution in [2.45, 2.75) is 39.5 Å². The van der Waals surface area contributed by atoms with E-state index in [-0.39, 0.29) is 19.6 Å². The van der Waals surface area contributed by atoms with Gasteiger partial charge in [0.2, 0.25) is 0 Å². The van der Waals surface area contributed by atoms with E-state index in [1.54, 1.807) is 19.9 Å². The van der Waals surface area contributed by atoms with Crippen LogP contribution in [0.5, 0.6) is 0 Å². The lowest BCUT2D eigenvalue weighted by atomic mass is 9.83. The Hall–Kier alpha value is -1.36. The molecule has 1 saturated heterocycles. The van der Waals surface area contributed by atoms with Gasteiger partial charge < -0.3 is 14.4 Å². The van der Waals surface area contributed by atoms with Crippen molar-refractivity contribution in [2.24, 2.45) is 5.41 Å². The zero-order valence-electron chi connectivity index (χ0n) is 13.2. The van der Waals surface area contributed by atoms with Crippen LogP contribution in [0, 0.1) is 5.41 Å². The molecule has 0 aromatic carbocycles. The van der Waals surface area contributed by atoms with E-state index < -0.39 is 17.4 Å². The first kappa shape index (κ1) is 17.7. The zero-order valence-corrected chi connectivity index (χ0v) is 13.2. The van der Waals surface area contributed by atoms with Crippen LogP contribution in [0.25, 0.3) is 0 Å². The topological polar surface area (TPSA) is 55.8 Å². The molecule has 1 heterocycles. The number of likely N-dealkylation sites (tertiary alicyclic amines) is 1. The van der Waals surface area contributed by atoms with E-state index >= 15 is 0 Å². The van der Waals surface area contributed by atoms with Crippen molar-refractivity contribution in [3.05, 3.63) is 12.7 Å².